The number of nitrogens with one attached hydrogen (secondary N) is 2. The van der Waals surface area contributed by atoms with Crippen molar-refractivity contribution in [1.82, 2.24) is 20.4 Å². The molecule has 2 N–H and O–H groups in total. The fourth-order valence-corrected chi connectivity index (χ4v) is 4.41. The Morgan fingerprint density at radius 3 is 2.67 bits per heavy atom. The van der Waals surface area contributed by atoms with Crippen molar-refractivity contribution in [1.29, 1.82) is 0 Å². The van der Waals surface area contributed by atoms with Gasteiger partial charge in [-0.25, -0.2) is 9.59 Å². The Bertz CT molecular complexity index is 757. The van der Waals surface area contributed by atoms with Crippen molar-refractivity contribution in [3.63, 3.8) is 0 Å². The molecule has 0 atom stereocenters. The highest BCUT2D eigenvalue weighted by Crippen LogP contribution is 2.34. The van der Waals surface area contributed by atoms with Crippen molar-refractivity contribution >= 4 is 18.0 Å². The second kappa shape index (κ2) is 7.21. The predicted octanol–water partition coefficient (Wildman–Crippen LogP) is 2.01. The molecule has 1 aromatic rings. The van der Waals surface area contributed by atoms with Gasteiger partial charge in [0.25, 0.3) is 5.91 Å². The number of urea groups is 2. The van der Waals surface area contributed by atoms with Crippen LogP contribution in [0.25, 0.3) is 0 Å². The van der Waals surface area contributed by atoms with E-state index in [2.05, 4.69) is 22.8 Å². The van der Waals surface area contributed by atoms with Crippen LogP contribution >= 0.6 is 0 Å². The number of fused-ring (bicyclic) bond motifs is 1. The number of hydrogen-bond donors (Lipinski definition) is 2. The van der Waals surface area contributed by atoms with Gasteiger partial charge in [-0.05, 0) is 36.8 Å². The summed E-state index contributed by atoms with van der Waals surface area (Å²) in [4.78, 5) is 40.2. The van der Waals surface area contributed by atoms with Crippen molar-refractivity contribution in [2.75, 3.05) is 19.6 Å². The summed E-state index contributed by atoms with van der Waals surface area (Å²) in [6.07, 6.45) is 4.87. The lowest BCUT2D eigenvalue weighted by molar-refractivity contribution is -0.131. The van der Waals surface area contributed by atoms with Crippen molar-refractivity contribution < 1.29 is 14.4 Å². The molecule has 4 rings (SSSR count). The fraction of sp³-hybridized carbons (Fsp3) is 0.550. The van der Waals surface area contributed by atoms with Crippen LogP contribution in [0.3, 0.4) is 0 Å². The number of rotatable bonds is 4. The average molecular weight is 370 g/mol. The van der Waals surface area contributed by atoms with Gasteiger partial charge in [-0.15, -0.1) is 0 Å². The molecule has 0 aromatic heterocycles. The number of carbonyl (C=O) groups is 3. The molecule has 2 fully saturated rings. The van der Waals surface area contributed by atoms with E-state index in [4.69, 9.17) is 0 Å². The van der Waals surface area contributed by atoms with Gasteiger partial charge < -0.3 is 15.5 Å². The Hall–Kier alpha value is -2.57. The van der Waals surface area contributed by atoms with E-state index in [0.717, 1.165) is 32.1 Å². The monoisotopic (exact) mass is 370 g/mol. The molecule has 2 aliphatic heterocycles. The van der Waals surface area contributed by atoms with Crippen molar-refractivity contribution in [3.05, 3.63) is 35.4 Å². The van der Waals surface area contributed by atoms with Crippen molar-refractivity contribution in [3.8, 4) is 0 Å². The van der Waals surface area contributed by atoms with Crippen LogP contribution in [0.1, 0.15) is 43.2 Å². The smallest absolute Gasteiger partial charge is 0.325 e. The summed E-state index contributed by atoms with van der Waals surface area (Å²) in [7, 11) is 0. The summed E-state index contributed by atoms with van der Waals surface area (Å²) in [6, 6.07) is 7.82. The van der Waals surface area contributed by atoms with Crippen LogP contribution in [0.15, 0.2) is 24.3 Å². The molecule has 144 valence electrons. The van der Waals surface area contributed by atoms with E-state index in [9.17, 15) is 14.4 Å². The Morgan fingerprint density at radius 1 is 1.15 bits per heavy atom. The number of benzene rings is 1. The molecular weight excluding hydrogens is 344 g/mol. The molecular formula is C20H26N4O3. The van der Waals surface area contributed by atoms with Gasteiger partial charge >= 0.3 is 12.1 Å². The van der Waals surface area contributed by atoms with Crippen LogP contribution in [-0.4, -0.2) is 52.9 Å². The number of amides is 5. The lowest BCUT2D eigenvalue weighted by Crippen LogP contribution is -2.44. The third-order valence-corrected chi connectivity index (χ3v) is 5.96. The normalized spacial score (nSPS) is 20.7. The largest absolute Gasteiger partial charge is 0.338 e. The molecule has 1 aliphatic carbocycles. The van der Waals surface area contributed by atoms with Gasteiger partial charge in [0, 0.05) is 26.2 Å². The minimum atomic E-state index is -0.651. The van der Waals surface area contributed by atoms with Crippen LogP contribution in [0, 0.1) is 0 Å². The molecule has 27 heavy (non-hydrogen) atoms. The SMILES string of the molecule is O=C(NCCCN1C(=O)NC2(CCCC2)C1=O)N1CCc2ccccc2C1. The predicted molar refractivity (Wildman–Crippen MR) is 100 cm³/mol. The Kier molecular flexibility index (Phi) is 4.76. The minimum absolute atomic E-state index is 0.0889. The van der Waals surface area contributed by atoms with Crippen LogP contribution in [-0.2, 0) is 17.8 Å². The standard InChI is InChI=1S/C20H26N4O3/c25-17-20(9-3-4-10-20)22-19(27)24(17)12-5-11-21-18(26)23-13-8-15-6-1-2-7-16(15)14-23/h1-2,6-7H,3-5,8-14H2,(H,21,26)(H,22,27). The summed E-state index contributed by atoms with van der Waals surface area (Å²) in [5.74, 6) is -0.0936. The highest BCUT2D eigenvalue weighted by molar-refractivity contribution is 6.07. The summed E-state index contributed by atoms with van der Waals surface area (Å²) in [6.45, 7) is 2.12. The number of imide groups is 1. The first-order chi connectivity index (χ1) is 13.1. The second-order valence-corrected chi connectivity index (χ2v) is 7.70. The third kappa shape index (κ3) is 3.38. The van der Waals surface area contributed by atoms with Gasteiger partial charge in [0.15, 0.2) is 0 Å². The lowest BCUT2D eigenvalue weighted by Gasteiger charge is -2.29. The summed E-state index contributed by atoms with van der Waals surface area (Å²) >= 11 is 0. The molecule has 0 unspecified atom stereocenters. The highest BCUT2D eigenvalue weighted by atomic mass is 16.2. The van der Waals surface area contributed by atoms with E-state index in [1.54, 1.807) is 0 Å². The number of hydrogen-bond acceptors (Lipinski definition) is 3. The van der Waals surface area contributed by atoms with Crippen molar-refractivity contribution in [2.24, 2.45) is 0 Å². The molecule has 3 aliphatic rings. The summed E-state index contributed by atoms with van der Waals surface area (Å²) < 4.78 is 0. The quantitative estimate of drug-likeness (QED) is 0.628. The minimum Gasteiger partial charge on any atom is -0.338 e. The molecule has 7 nitrogen and oxygen atoms in total. The van der Waals surface area contributed by atoms with Gasteiger partial charge in [-0.2, -0.15) is 0 Å². The molecule has 1 spiro atoms. The van der Waals surface area contributed by atoms with E-state index in [0.29, 0.717) is 32.6 Å². The van der Waals surface area contributed by atoms with E-state index in [1.165, 1.54) is 16.0 Å². The maximum atomic E-state index is 12.6. The van der Waals surface area contributed by atoms with Gasteiger partial charge in [0.05, 0.1) is 0 Å². The first kappa shape index (κ1) is 17.8. The van der Waals surface area contributed by atoms with Crippen LogP contribution in [0.4, 0.5) is 9.59 Å². The molecule has 0 bridgehead atoms. The number of nitrogens with zero attached hydrogens (tertiary/aromatic N) is 2. The maximum absolute atomic E-state index is 12.6. The van der Waals surface area contributed by atoms with E-state index >= 15 is 0 Å². The molecule has 7 heteroatoms. The van der Waals surface area contributed by atoms with E-state index in [1.807, 2.05) is 17.0 Å². The molecule has 1 saturated carbocycles. The third-order valence-electron chi connectivity index (χ3n) is 5.96. The summed E-state index contributed by atoms with van der Waals surface area (Å²) in [5.41, 5.74) is 1.85. The Morgan fingerprint density at radius 2 is 1.89 bits per heavy atom. The van der Waals surface area contributed by atoms with Gasteiger partial charge in [-0.3, -0.25) is 9.69 Å². The topological polar surface area (TPSA) is 81.8 Å². The van der Waals surface area contributed by atoms with Crippen LogP contribution in [0.5, 0.6) is 0 Å². The van der Waals surface area contributed by atoms with E-state index in [-0.39, 0.29) is 18.0 Å². The Balaban J connectivity index is 1.23. The van der Waals surface area contributed by atoms with Crippen LogP contribution in [0.2, 0.25) is 0 Å². The first-order valence-electron chi connectivity index (χ1n) is 9.83. The van der Waals surface area contributed by atoms with Gasteiger partial charge in [-0.1, -0.05) is 37.1 Å². The van der Waals surface area contributed by atoms with Crippen LogP contribution < -0.4 is 10.6 Å². The maximum Gasteiger partial charge on any atom is 0.325 e. The molecule has 2 heterocycles. The van der Waals surface area contributed by atoms with Gasteiger partial charge in [0.1, 0.15) is 5.54 Å². The zero-order chi connectivity index (χ0) is 18.9. The van der Waals surface area contributed by atoms with Gasteiger partial charge in [0.2, 0.25) is 0 Å². The first-order valence-corrected chi connectivity index (χ1v) is 9.83. The second-order valence-electron chi connectivity index (χ2n) is 7.70. The molecule has 5 amide bonds. The zero-order valence-electron chi connectivity index (χ0n) is 15.5. The highest BCUT2D eigenvalue weighted by Gasteiger charge is 2.51. The lowest BCUT2D eigenvalue weighted by atomic mass is 9.98. The summed E-state index contributed by atoms with van der Waals surface area (Å²) in [5, 5.41) is 5.80. The molecule has 1 aromatic carbocycles. The number of carbonyl (C=O) groups excluding carboxylic acids is 3. The van der Waals surface area contributed by atoms with E-state index < -0.39 is 5.54 Å². The zero-order valence-corrected chi connectivity index (χ0v) is 15.5. The Labute approximate surface area is 159 Å². The fourth-order valence-electron chi connectivity index (χ4n) is 4.41. The average Bonchev–Trinajstić information content (AvgIpc) is 3.24. The molecule has 0 radical (unpaired) electrons. The van der Waals surface area contributed by atoms with Crippen molar-refractivity contribution in [2.45, 2.75) is 50.6 Å². The molecule has 1 saturated heterocycles.